The van der Waals surface area contributed by atoms with Crippen LogP contribution in [-0.4, -0.2) is 29.7 Å². The summed E-state index contributed by atoms with van der Waals surface area (Å²) in [6.07, 6.45) is 3.08. The van der Waals surface area contributed by atoms with Crippen LogP contribution in [0.15, 0.2) is 0 Å². The summed E-state index contributed by atoms with van der Waals surface area (Å²) < 4.78 is 0. The van der Waals surface area contributed by atoms with Gasteiger partial charge in [0.2, 0.25) is 0 Å². The number of urea groups is 1. The minimum Gasteiger partial charge on any atom is -0.480 e. The number of aliphatic carboxylic acids is 1. The number of carboxylic acid groups (broad SMARTS) is 1. The van der Waals surface area contributed by atoms with Crippen molar-refractivity contribution >= 4 is 12.0 Å². The van der Waals surface area contributed by atoms with Gasteiger partial charge in [0.1, 0.15) is 6.04 Å². The first-order chi connectivity index (χ1) is 7.97. The number of unbranched alkanes of at least 4 members (excludes halogenated alkanes) is 1. The first-order valence-electron chi connectivity index (χ1n) is 6.24. The fourth-order valence-corrected chi connectivity index (χ4v) is 1.35. The molecule has 0 heterocycles. The van der Waals surface area contributed by atoms with Crippen LogP contribution in [0.5, 0.6) is 0 Å². The molecule has 0 saturated carbocycles. The normalized spacial score (nSPS) is 12.2. The molecule has 0 spiro atoms. The zero-order valence-electron chi connectivity index (χ0n) is 11.0. The zero-order valence-corrected chi connectivity index (χ0v) is 11.0. The molecule has 17 heavy (non-hydrogen) atoms. The van der Waals surface area contributed by atoms with Gasteiger partial charge in [-0.15, -0.1) is 0 Å². The predicted molar refractivity (Wildman–Crippen MR) is 66.9 cm³/mol. The number of rotatable bonds is 8. The molecule has 0 aromatic heterocycles. The summed E-state index contributed by atoms with van der Waals surface area (Å²) in [5, 5.41) is 14.1. The molecule has 0 fully saturated rings. The van der Waals surface area contributed by atoms with Crippen LogP contribution in [0.2, 0.25) is 0 Å². The van der Waals surface area contributed by atoms with E-state index in [-0.39, 0.29) is 0 Å². The highest BCUT2D eigenvalue weighted by Gasteiger charge is 2.18. The largest absolute Gasteiger partial charge is 0.480 e. The summed E-state index contributed by atoms with van der Waals surface area (Å²) >= 11 is 0. The molecule has 0 aromatic carbocycles. The first kappa shape index (κ1) is 15.7. The average molecular weight is 244 g/mol. The van der Waals surface area contributed by atoms with Crippen LogP contribution in [0.4, 0.5) is 4.79 Å². The Bertz CT molecular complexity index is 242. The van der Waals surface area contributed by atoms with Crippen molar-refractivity contribution in [3.63, 3.8) is 0 Å². The number of amides is 2. The molecule has 5 nitrogen and oxygen atoms in total. The third-order valence-corrected chi connectivity index (χ3v) is 2.46. The van der Waals surface area contributed by atoms with Crippen molar-refractivity contribution in [2.45, 2.75) is 52.5 Å². The minimum absolute atomic E-state index is 0.394. The molecule has 0 aliphatic heterocycles. The Morgan fingerprint density at radius 3 is 2.35 bits per heavy atom. The highest BCUT2D eigenvalue weighted by Crippen LogP contribution is 2.01. The fraction of sp³-hybridized carbons (Fsp3) is 0.833. The maximum atomic E-state index is 11.4. The predicted octanol–water partition coefficient (Wildman–Crippen LogP) is 1.98. The van der Waals surface area contributed by atoms with Gasteiger partial charge in [0.15, 0.2) is 0 Å². The van der Waals surface area contributed by atoms with E-state index in [0.717, 1.165) is 19.3 Å². The Morgan fingerprint density at radius 2 is 1.88 bits per heavy atom. The Kier molecular flexibility index (Phi) is 8.19. The molecule has 5 heteroatoms. The molecule has 0 radical (unpaired) electrons. The van der Waals surface area contributed by atoms with Crippen LogP contribution in [0.1, 0.15) is 46.5 Å². The topological polar surface area (TPSA) is 78.4 Å². The van der Waals surface area contributed by atoms with E-state index in [1.54, 1.807) is 0 Å². The standard InChI is InChI=1S/C12H24N2O3/c1-4-5-6-10(11(15)16)14-12(17)13-8-7-9(2)3/h9-10H,4-8H2,1-3H3,(H,15,16)(H2,13,14,17). The molecule has 0 aromatic rings. The van der Waals surface area contributed by atoms with Gasteiger partial charge in [0, 0.05) is 6.54 Å². The maximum absolute atomic E-state index is 11.4. The lowest BCUT2D eigenvalue weighted by atomic mass is 10.1. The summed E-state index contributed by atoms with van der Waals surface area (Å²) in [6.45, 7) is 6.70. The van der Waals surface area contributed by atoms with Crippen molar-refractivity contribution in [3.05, 3.63) is 0 Å². The zero-order chi connectivity index (χ0) is 13.3. The number of carbonyl (C=O) groups is 2. The Morgan fingerprint density at radius 1 is 1.24 bits per heavy atom. The van der Waals surface area contributed by atoms with E-state index in [2.05, 4.69) is 24.5 Å². The van der Waals surface area contributed by atoms with Crippen LogP contribution in [-0.2, 0) is 4.79 Å². The molecule has 1 atom stereocenters. The molecule has 100 valence electrons. The van der Waals surface area contributed by atoms with E-state index in [1.807, 2.05) is 6.92 Å². The highest BCUT2D eigenvalue weighted by molar-refractivity contribution is 5.82. The lowest BCUT2D eigenvalue weighted by Crippen LogP contribution is -2.46. The van der Waals surface area contributed by atoms with Gasteiger partial charge >= 0.3 is 12.0 Å². The van der Waals surface area contributed by atoms with E-state index in [9.17, 15) is 9.59 Å². The van der Waals surface area contributed by atoms with E-state index >= 15 is 0 Å². The molecule has 0 bridgehead atoms. The van der Waals surface area contributed by atoms with Gasteiger partial charge in [0.25, 0.3) is 0 Å². The van der Waals surface area contributed by atoms with E-state index in [1.165, 1.54) is 0 Å². The summed E-state index contributed by atoms with van der Waals surface area (Å²) in [4.78, 5) is 22.3. The second-order valence-electron chi connectivity index (χ2n) is 4.62. The highest BCUT2D eigenvalue weighted by atomic mass is 16.4. The molecule has 0 saturated heterocycles. The molecule has 2 amide bonds. The summed E-state index contributed by atoms with van der Waals surface area (Å²) in [5.74, 6) is -0.455. The second kappa shape index (κ2) is 8.84. The van der Waals surface area contributed by atoms with Gasteiger partial charge in [-0.05, 0) is 18.8 Å². The minimum atomic E-state index is -0.975. The van der Waals surface area contributed by atoms with Crippen LogP contribution in [0, 0.1) is 5.92 Å². The lowest BCUT2D eigenvalue weighted by molar-refractivity contribution is -0.139. The summed E-state index contributed by atoms with van der Waals surface area (Å²) in [5.41, 5.74) is 0. The van der Waals surface area contributed by atoms with Crippen molar-refractivity contribution in [2.75, 3.05) is 6.54 Å². The van der Waals surface area contributed by atoms with Gasteiger partial charge in [-0.2, -0.15) is 0 Å². The number of carbonyl (C=O) groups excluding carboxylic acids is 1. The van der Waals surface area contributed by atoms with Crippen LogP contribution in [0.3, 0.4) is 0 Å². The number of hydrogen-bond acceptors (Lipinski definition) is 2. The monoisotopic (exact) mass is 244 g/mol. The summed E-state index contributed by atoms with van der Waals surface area (Å²) in [6, 6.07) is -1.18. The Labute approximate surface area is 103 Å². The van der Waals surface area contributed by atoms with Crippen LogP contribution >= 0.6 is 0 Å². The van der Waals surface area contributed by atoms with E-state index < -0.39 is 18.0 Å². The second-order valence-corrected chi connectivity index (χ2v) is 4.62. The molecule has 0 aliphatic rings. The average Bonchev–Trinajstić information content (AvgIpc) is 2.23. The fourth-order valence-electron chi connectivity index (χ4n) is 1.35. The van der Waals surface area contributed by atoms with Crippen molar-refractivity contribution in [2.24, 2.45) is 5.92 Å². The number of hydrogen-bond donors (Lipinski definition) is 3. The molecule has 1 unspecified atom stereocenters. The SMILES string of the molecule is CCCCC(NC(=O)NCCC(C)C)C(=O)O. The van der Waals surface area contributed by atoms with Gasteiger partial charge < -0.3 is 15.7 Å². The number of carboxylic acids is 1. The molecule has 0 aliphatic carbocycles. The van der Waals surface area contributed by atoms with Crippen molar-refractivity contribution in [1.29, 1.82) is 0 Å². The van der Waals surface area contributed by atoms with Crippen molar-refractivity contribution < 1.29 is 14.7 Å². The lowest BCUT2D eigenvalue weighted by Gasteiger charge is -2.15. The van der Waals surface area contributed by atoms with Crippen molar-refractivity contribution in [1.82, 2.24) is 10.6 Å². The Hall–Kier alpha value is -1.26. The molecular formula is C12H24N2O3. The van der Waals surface area contributed by atoms with Gasteiger partial charge in [0.05, 0.1) is 0 Å². The van der Waals surface area contributed by atoms with E-state index in [4.69, 9.17) is 5.11 Å². The van der Waals surface area contributed by atoms with Gasteiger partial charge in [-0.3, -0.25) is 0 Å². The molecular weight excluding hydrogens is 220 g/mol. The third-order valence-electron chi connectivity index (χ3n) is 2.46. The van der Waals surface area contributed by atoms with Gasteiger partial charge in [-0.1, -0.05) is 33.6 Å². The first-order valence-corrected chi connectivity index (χ1v) is 6.24. The smallest absolute Gasteiger partial charge is 0.326 e. The maximum Gasteiger partial charge on any atom is 0.326 e. The van der Waals surface area contributed by atoms with Crippen molar-refractivity contribution in [3.8, 4) is 0 Å². The van der Waals surface area contributed by atoms with E-state index in [0.29, 0.717) is 18.9 Å². The van der Waals surface area contributed by atoms with Crippen LogP contribution < -0.4 is 10.6 Å². The van der Waals surface area contributed by atoms with Crippen LogP contribution in [0.25, 0.3) is 0 Å². The van der Waals surface area contributed by atoms with Gasteiger partial charge in [-0.25, -0.2) is 9.59 Å². The Balaban J connectivity index is 3.91. The molecule has 0 rings (SSSR count). The third kappa shape index (κ3) is 8.54. The summed E-state index contributed by atoms with van der Waals surface area (Å²) in [7, 11) is 0. The quantitative estimate of drug-likeness (QED) is 0.611. The molecule has 3 N–H and O–H groups in total. The number of nitrogens with one attached hydrogen (secondary N) is 2.